The Hall–Kier alpha value is -1.16. The summed E-state index contributed by atoms with van der Waals surface area (Å²) in [5.41, 5.74) is 0.668. The summed E-state index contributed by atoms with van der Waals surface area (Å²) in [6.45, 7) is 2.16. The van der Waals surface area contributed by atoms with E-state index in [9.17, 15) is 4.79 Å². The average Bonchev–Trinajstić information content (AvgIpc) is 1.97. The molecule has 4 nitrogen and oxygen atoms in total. The van der Waals surface area contributed by atoms with Crippen LogP contribution < -0.4 is 10.3 Å². The summed E-state index contributed by atoms with van der Waals surface area (Å²) < 4.78 is 1.49. The van der Waals surface area contributed by atoms with Crippen LogP contribution in [-0.2, 0) is 6.54 Å². The van der Waals surface area contributed by atoms with E-state index in [1.165, 1.54) is 4.57 Å². The number of nitrogens with zero attached hydrogens (tertiary/aromatic N) is 1. The summed E-state index contributed by atoms with van der Waals surface area (Å²) in [6, 6.07) is 1.79. The third-order valence-electron chi connectivity index (χ3n) is 1.53. The maximum absolute atomic E-state index is 11.0. The molecule has 0 aromatic carbocycles. The number of H-pyrrole nitrogens is 1. The first-order chi connectivity index (χ1) is 5.25. The number of aryl methyl sites for hydroxylation is 1. The lowest BCUT2D eigenvalue weighted by molar-refractivity contribution is -0.720. The summed E-state index contributed by atoms with van der Waals surface area (Å²) in [5.74, 6) is 0. The van der Waals surface area contributed by atoms with Crippen molar-refractivity contribution in [2.24, 2.45) is 0 Å². The predicted molar refractivity (Wildman–Crippen MR) is 39.1 cm³/mol. The molecule has 4 heteroatoms. The minimum atomic E-state index is -0.181. The number of hydrogen-bond donors (Lipinski definition) is 2. The number of aromatic nitrogens is 2. The van der Waals surface area contributed by atoms with E-state index in [0.29, 0.717) is 6.54 Å². The molecule has 60 valence electrons. The molecule has 1 heterocycles. The molecule has 0 unspecified atom stereocenters. The Morgan fingerprint density at radius 3 is 3.00 bits per heavy atom. The SMILES string of the molecule is Cc1cc[nH]c(=O)[n+]1CCO. The fourth-order valence-corrected chi connectivity index (χ4v) is 0.940. The second kappa shape index (κ2) is 3.30. The molecular formula is C7H11N2O2+. The van der Waals surface area contributed by atoms with E-state index < -0.39 is 0 Å². The first-order valence-electron chi connectivity index (χ1n) is 3.44. The third-order valence-corrected chi connectivity index (χ3v) is 1.53. The van der Waals surface area contributed by atoms with Gasteiger partial charge in [-0.3, -0.25) is 0 Å². The maximum Gasteiger partial charge on any atom is 0.495 e. The van der Waals surface area contributed by atoms with Gasteiger partial charge in [-0.25, -0.2) is 4.98 Å². The van der Waals surface area contributed by atoms with Crippen LogP contribution in [0.2, 0.25) is 0 Å². The molecule has 0 aliphatic heterocycles. The molecule has 0 saturated heterocycles. The van der Waals surface area contributed by atoms with Gasteiger partial charge in [0.2, 0.25) is 0 Å². The van der Waals surface area contributed by atoms with Gasteiger partial charge in [-0.2, -0.15) is 9.36 Å². The first kappa shape index (κ1) is 7.94. The molecule has 0 saturated carbocycles. The van der Waals surface area contributed by atoms with Crippen molar-refractivity contribution in [2.45, 2.75) is 13.5 Å². The Morgan fingerprint density at radius 2 is 2.45 bits per heavy atom. The highest BCUT2D eigenvalue weighted by atomic mass is 16.3. The predicted octanol–water partition coefficient (Wildman–Crippen LogP) is -1.04. The molecule has 2 N–H and O–H groups in total. The molecule has 0 spiro atoms. The van der Waals surface area contributed by atoms with E-state index in [2.05, 4.69) is 4.98 Å². The monoisotopic (exact) mass is 155 g/mol. The van der Waals surface area contributed by atoms with Crippen molar-refractivity contribution in [3.63, 3.8) is 0 Å². The van der Waals surface area contributed by atoms with Crippen molar-refractivity contribution in [1.29, 1.82) is 0 Å². The van der Waals surface area contributed by atoms with E-state index in [-0.39, 0.29) is 12.3 Å². The topological polar surface area (TPSA) is 57.0 Å². The number of hydrogen-bond acceptors (Lipinski definition) is 2. The van der Waals surface area contributed by atoms with Gasteiger partial charge in [0.15, 0.2) is 0 Å². The number of rotatable bonds is 2. The second-order valence-electron chi connectivity index (χ2n) is 2.30. The Labute approximate surface area is 64.1 Å². The van der Waals surface area contributed by atoms with Gasteiger partial charge in [-0.15, -0.1) is 0 Å². The van der Waals surface area contributed by atoms with Gasteiger partial charge in [0.05, 0.1) is 12.8 Å². The van der Waals surface area contributed by atoms with Crippen LogP contribution in [0.1, 0.15) is 5.69 Å². The van der Waals surface area contributed by atoms with Gasteiger partial charge in [-0.1, -0.05) is 0 Å². The van der Waals surface area contributed by atoms with Gasteiger partial charge in [0.25, 0.3) is 0 Å². The minimum Gasteiger partial charge on any atom is -0.392 e. The quantitative estimate of drug-likeness (QED) is 0.536. The number of aliphatic hydroxyl groups excluding tert-OH is 1. The minimum absolute atomic E-state index is 0.0153. The van der Waals surface area contributed by atoms with Gasteiger partial charge in [0.1, 0.15) is 12.2 Å². The molecule has 0 amide bonds. The zero-order chi connectivity index (χ0) is 8.27. The van der Waals surface area contributed by atoms with Gasteiger partial charge >= 0.3 is 5.69 Å². The number of aliphatic hydroxyl groups is 1. The van der Waals surface area contributed by atoms with E-state index in [1.54, 1.807) is 12.3 Å². The largest absolute Gasteiger partial charge is 0.495 e. The molecule has 1 rings (SSSR count). The Balaban J connectivity index is 3.10. The second-order valence-corrected chi connectivity index (χ2v) is 2.30. The molecule has 11 heavy (non-hydrogen) atoms. The number of nitrogens with one attached hydrogen (secondary N) is 1. The van der Waals surface area contributed by atoms with Crippen molar-refractivity contribution in [3.05, 3.63) is 28.4 Å². The highest BCUT2D eigenvalue weighted by molar-refractivity contribution is 4.86. The van der Waals surface area contributed by atoms with Crippen molar-refractivity contribution < 1.29 is 9.67 Å². The highest BCUT2D eigenvalue weighted by Crippen LogP contribution is 1.79. The maximum atomic E-state index is 11.0. The normalized spacial score (nSPS) is 10.0. The summed E-state index contributed by atoms with van der Waals surface area (Å²) in [7, 11) is 0. The van der Waals surface area contributed by atoms with E-state index in [4.69, 9.17) is 5.11 Å². The fraction of sp³-hybridized carbons (Fsp3) is 0.429. The van der Waals surface area contributed by atoms with Crippen LogP contribution in [0.15, 0.2) is 17.1 Å². The van der Waals surface area contributed by atoms with Gasteiger partial charge in [-0.05, 0) is 6.92 Å². The van der Waals surface area contributed by atoms with Crippen LogP contribution in [0.4, 0.5) is 0 Å². The molecule has 1 aromatic heterocycles. The summed E-state index contributed by atoms with van der Waals surface area (Å²) in [6.07, 6.45) is 1.59. The highest BCUT2D eigenvalue weighted by Gasteiger charge is 2.05. The van der Waals surface area contributed by atoms with Crippen LogP contribution in [0.25, 0.3) is 0 Å². The average molecular weight is 155 g/mol. The lowest BCUT2D eigenvalue weighted by atomic mass is 10.4. The van der Waals surface area contributed by atoms with E-state index in [1.807, 2.05) is 6.92 Å². The zero-order valence-corrected chi connectivity index (χ0v) is 6.37. The standard InChI is InChI=1S/C7H10N2O2/c1-6-2-3-8-7(11)9(6)4-5-10/h2-3,10H,4-5H2,1H3/p+1. The van der Waals surface area contributed by atoms with Crippen LogP contribution in [0, 0.1) is 6.92 Å². The molecule has 0 atom stereocenters. The molecule has 0 radical (unpaired) electrons. The fourth-order valence-electron chi connectivity index (χ4n) is 0.940. The lowest BCUT2D eigenvalue weighted by Crippen LogP contribution is -2.54. The van der Waals surface area contributed by atoms with E-state index in [0.717, 1.165) is 5.69 Å². The molecule has 0 aliphatic carbocycles. The van der Waals surface area contributed by atoms with E-state index >= 15 is 0 Å². The smallest absolute Gasteiger partial charge is 0.392 e. The number of aromatic amines is 1. The lowest BCUT2D eigenvalue weighted by Gasteiger charge is -1.97. The van der Waals surface area contributed by atoms with Crippen molar-refractivity contribution in [2.75, 3.05) is 6.61 Å². The van der Waals surface area contributed by atoms with Crippen LogP contribution >= 0.6 is 0 Å². The Kier molecular flexibility index (Phi) is 2.38. The summed E-state index contributed by atoms with van der Waals surface area (Å²) in [5, 5.41) is 8.59. The molecule has 0 fully saturated rings. The molecule has 0 aliphatic rings. The summed E-state index contributed by atoms with van der Waals surface area (Å²) in [4.78, 5) is 13.5. The van der Waals surface area contributed by atoms with Gasteiger partial charge < -0.3 is 5.11 Å². The van der Waals surface area contributed by atoms with Crippen molar-refractivity contribution in [1.82, 2.24) is 4.98 Å². The molecule has 0 bridgehead atoms. The Bertz CT molecular complexity index is 293. The van der Waals surface area contributed by atoms with Crippen LogP contribution in [0.5, 0.6) is 0 Å². The third kappa shape index (κ3) is 1.65. The van der Waals surface area contributed by atoms with Crippen LogP contribution in [-0.4, -0.2) is 16.7 Å². The molecule has 1 aromatic rings. The van der Waals surface area contributed by atoms with Gasteiger partial charge in [0, 0.05) is 6.07 Å². The first-order valence-corrected chi connectivity index (χ1v) is 3.44. The Morgan fingerprint density at radius 1 is 1.73 bits per heavy atom. The molecular weight excluding hydrogens is 144 g/mol. The summed E-state index contributed by atoms with van der Waals surface area (Å²) >= 11 is 0. The van der Waals surface area contributed by atoms with Crippen LogP contribution in [0.3, 0.4) is 0 Å². The zero-order valence-electron chi connectivity index (χ0n) is 6.37. The van der Waals surface area contributed by atoms with Crippen molar-refractivity contribution in [3.8, 4) is 0 Å². The van der Waals surface area contributed by atoms with Crippen molar-refractivity contribution >= 4 is 0 Å².